The van der Waals surface area contributed by atoms with Gasteiger partial charge in [0.05, 0.1) is 4.90 Å². The van der Waals surface area contributed by atoms with Gasteiger partial charge in [0.25, 0.3) is 0 Å². The summed E-state index contributed by atoms with van der Waals surface area (Å²) in [4.78, 5) is 0.214. The van der Waals surface area contributed by atoms with Crippen molar-refractivity contribution in [2.24, 2.45) is 5.92 Å². The van der Waals surface area contributed by atoms with E-state index in [1.807, 2.05) is 0 Å². The summed E-state index contributed by atoms with van der Waals surface area (Å²) < 4.78 is 28.0. The third-order valence-corrected chi connectivity index (χ3v) is 6.10. The first-order chi connectivity index (χ1) is 8.88. The Morgan fingerprint density at radius 1 is 1.26 bits per heavy atom. The van der Waals surface area contributed by atoms with Crippen LogP contribution in [-0.4, -0.2) is 14.5 Å². The Morgan fingerprint density at radius 3 is 2.53 bits per heavy atom. The molecule has 2 rings (SSSR count). The summed E-state index contributed by atoms with van der Waals surface area (Å²) in [7, 11) is -3.51. The van der Waals surface area contributed by atoms with Crippen LogP contribution in [0.15, 0.2) is 27.6 Å². The van der Waals surface area contributed by atoms with Crippen molar-refractivity contribution in [3.8, 4) is 0 Å². The number of hydrogen-bond donors (Lipinski definition) is 2. The van der Waals surface area contributed by atoms with Crippen molar-refractivity contribution in [2.75, 3.05) is 5.73 Å². The molecule has 1 aliphatic rings. The van der Waals surface area contributed by atoms with Crippen LogP contribution in [0.3, 0.4) is 0 Å². The number of rotatable bonds is 3. The van der Waals surface area contributed by atoms with E-state index in [0.29, 0.717) is 16.1 Å². The first kappa shape index (κ1) is 14.8. The zero-order valence-corrected chi connectivity index (χ0v) is 13.3. The maximum absolute atomic E-state index is 12.4. The molecule has 3 N–H and O–H groups in total. The van der Waals surface area contributed by atoms with Crippen LogP contribution >= 0.6 is 15.9 Å². The van der Waals surface area contributed by atoms with Gasteiger partial charge in [-0.1, -0.05) is 6.92 Å². The fraction of sp³-hybridized carbons (Fsp3) is 0.538. The lowest BCUT2D eigenvalue weighted by Gasteiger charge is -2.26. The smallest absolute Gasteiger partial charge is 0.242 e. The second-order valence-corrected chi connectivity index (χ2v) is 7.80. The molecule has 19 heavy (non-hydrogen) atoms. The van der Waals surface area contributed by atoms with Crippen LogP contribution in [0.1, 0.15) is 32.6 Å². The molecule has 0 aromatic heterocycles. The molecule has 1 aliphatic carbocycles. The van der Waals surface area contributed by atoms with E-state index in [-0.39, 0.29) is 10.9 Å². The van der Waals surface area contributed by atoms with Gasteiger partial charge in [-0.3, -0.25) is 0 Å². The van der Waals surface area contributed by atoms with E-state index < -0.39 is 10.0 Å². The minimum Gasteiger partial charge on any atom is -0.399 e. The van der Waals surface area contributed by atoms with E-state index >= 15 is 0 Å². The van der Waals surface area contributed by atoms with Crippen LogP contribution in [0.5, 0.6) is 0 Å². The van der Waals surface area contributed by atoms with Gasteiger partial charge in [0.1, 0.15) is 0 Å². The predicted molar refractivity (Wildman–Crippen MR) is 80.3 cm³/mol. The van der Waals surface area contributed by atoms with Crippen molar-refractivity contribution < 1.29 is 8.42 Å². The number of nitrogens with one attached hydrogen (secondary N) is 1. The zero-order valence-electron chi connectivity index (χ0n) is 10.9. The second kappa shape index (κ2) is 5.81. The predicted octanol–water partition coefficient (Wildman–Crippen LogP) is 2.89. The van der Waals surface area contributed by atoms with Gasteiger partial charge in [-0.2, -0.15) is 0 Å². The summed E-state index contributed by atoms with van der Waals surface area (Å²) in [6.07, 6.45) is 3.96. The fourth-order valence-corrected chi connectivity index (χ4v) is 4.69. The minimum absolute atomic E-state index is 0.0366. The first-order valence-electron chi connectivity index (χ1n) is 6.46. The third-order valence-electron chi connectivity index (χ3n) is 3.58. The van der Waals surface area contributed by atoms with Crippen LogP contribution < -0.4 is 10.5 Å². The number of anilines is 1. The zero-order chi connectivity index (χ0) is 14.0. The number of halogens is 1. The Balaban J connectivity index is 2.16. The lowest BCUT2D eigenvalue weighted by atomic mass is 9.88. The molecule has 0 aliphatic heterocycles. The van der Waals surface area contributed by atoms with Gasteiger partial charge in [-0.15, -0.1) is 0 Å². The van der Waals surface area contributed by atoms with Crippen LogP contribution in [0.25, 0.3) is 0 Å². The second-order valence-electron chi connectivity index (χ2n) is 5.27. The summed E-state index contributed by atoms with van der Waals surface area (Å²) >= 11 is 3.27. The number of sulfonamides is 1. The van der Waals surface area contributed by atoms with Gasteiger partial charge in [0.15, 0.2) is 0 Å². The van der Waals surface area contributed by atoms with E-state index in [2.05, 4.69) is 27.6 Å². The highest BCUT2D eigenvalue weighted by Crippen LogP contribution is 2.27. The number of nitrogens with two attached hydrogens (primary N) is 1. The number of nitrogen functional groups attached to an aromatic ring is 1. The van der Waals surface area contributed by atoms with Crippen molar-refractivity contribution >= 4 is 31.6 Å². The van der Waals surface area contributed by atoms with E-state index in [9.17, 15) is 8.42 Å². The topological polar surface area (TPSA) is 72.2 Å². The first-order valence-corrected chi connectivity index (χ1v) is 8.73. The Bertz CT molecular complexity index is 552. The van der Waals surface area contributed by atoms with Crippen LogP contribution in [0, 0.1) is 5.92 Å². The molecule has 0 radical (unpaired) electrons. The Kier molecular flexibility index (Phi) is 4.53. The average molecular weight is 347 g/mol. The molecule has 0 atom stereocenters. The molecular weight excluding hydrogens is 328 g/mol. The Morgan fingerprint density at radius 2 is 1.89 bits per heavy atom. The summed E-state index contributed by atoms with van der Waals surface area (Å²) in [5.41, 5.74) is 6.11. The quantitative estimate of drug-likeness (QED) is 0.826. The molecule has 0 spiro atoms. The number of benzene rings is 1. The highest BCUT2D eigenvalue weighted by atomic mass is 79.9. The lowest BCUT2D eigenvalue weighted by molar-refractivity contribution is 0.332. The molecule has 0 bridgehead atoms. The van der Waals surface area contributed by atoms with Crippen molar-refractivity contribution in [1.82, 2.24) is 4.72 Å². The van der Waals surface area contributed by atoms with Crippen LogP contribution in [-0.2, 0) is 10.0 Å². The van der Waals surface area contributed by atoms with E-state index in [4.69, 9.17) is 5.73 Å². The molecule has 1 aromatic carbocycles. The summed E-state index contributed by atoms with van der Waals surface area (Å²) in [6.45, 7) is 2.21. The highest BCUT2D eigenvalue weighted by molar-refractivity contribution is 9.10. The molecule has 1 aromatic rings. The van der Waals surface area contributed by atoms with Gasteiger partial charge in [-0.25, -0.2) is 13.1 Å². The Hall–Kier alpha value is -0.590. The van der Waals surface area contributed by atoms with E-state index in [1.54, 1.807) is 12.1 Å². The molecule has 6 heteroatoms. The van der Waals surface area contributed by atoms with Gasteiger partial charge in [0.2, 0.25) is 10.0 Å². The van der Waals surface area contributed by atoms with Gasteiger partial charge in [-0.05, 0) is 65.7 Å². The minimum atomic E-state index is -3.51. The summed E-state index contributed by atoms with van der Waals surface area (Å²) in [6, 6.07) is 4.85. The van der Waals surface area contributed by atoms with Gasteiger partial charge >= 0.3 is 0 Å². The Labute approximate surface area is 122 Å². The van der Waals surface area contributed by atoms with Gasteiger partial charge in [0, 0.05) is 16.2 Å². The van der Waals surface area contributed by atoms with Crippen molar-refractivity contribution in [3.63, 3.8) is 0 Å². The SMILES string of the molecule is CC1CCC(NS(=O)(=O)c2cc(N)ccc2Br)CC1. The summed E-state index contributed by atoms with van der Waals surface area (Å²) in [5, 5.41) is 0. The fourth-order valence-electron chi connectivity index (χ4n) is 2.39. The van der Waals surface area contributed by atoms with Crippen LogP contribution in [0.4, 0.5) is 5.69 Å². The van der Waals surface area contributed by atoms with Crippen LogP contribution in [0.2, 0.25) is 0 Å². The molecule has 1 fully saturated rings. The molecule has 106 valence electrons. The van der Waals surface area contributed by atoms with Gasteiger partial charge < -0.3 is 5.73 Å². The summed E-state index contributed by atoms with van der Waals surface area (Å²) in [5.74, 6) is 0.694. The maximum atomic E-state index is 12.4. The largest absolute Gasteiger partial charge is 0.399 e. The average Bonchev–Trinajstić information content (AvgIpc) is 2.35. The molecule has 0 amide bonds. The molecule has 0 heterocycles. The third kappa shape index (κ3) is 3.70. The van der Waals surface area contributed by atoms with Crippen molar-refractivity contribution in [1.29, 1.82) is 0 Å². The molecule has 1 saturated carbocycles. The highest BCUT2D eigenvalue weighted by Gasteiger charge is 2.25. The van der Waals surface area contributed by atoms with Crippen molar-refractivity contribution in [2.45, 2.75) is 43.5 Å². The van der Waals surface area contributed by atoms with Crippen molar-refractivity contribution in [3.05, 3.63) is 22.7 Å². The number of hydrogen-bond acceptors (Lipinski definition) is 3. The monoisotopic (exact) mass is 346 g/mol. The molecular formula is C13H19BrN2O2S. The molecule has 0 saturated heterocycles. The van der Waals surface area contributed by atoms with E-state index in [0.717, 1.165) is 25.7 Å². The maximum Gasteiger partial charge on any atom is 0.242 e. The standard InChI is InChI=1S/C13H19BrN2O2S/c1-9-2-5-11(6-3-9)16-19(17,18)13-8-10(15)4-7-12(13)14/h4,7-9,11,16H,2-3,5-6,15H2,1H3. The molecule has 0 unspecified atom stereocenters. The van der Waals surface area contributed by atoms with E-state index in [1.165, 1.54) is 6.07 Å². The normalized spacial score (nSPS) is 24.3. The molecule has 4 nitrogen and oxygen atoms in total. The lowest BCUT2D eigenvalue weighted by Crippen LogP contribution is -2.37.